The van der Waals surface area contributed by atoms with Crippen molar-refractivity contribution in [3.05, 3.63) is 0 Å². The molecule has 18 aliphatic carbocycles. The van der Waals surface area contributed by atoms with Gasteiger partial charge in [0.2, 0.25) is 6.10 Å². The van der Waals surface area contributed by atoms with Gasteiger partial charge in [0.1, 0.15) is 22.4 Å². The molecule has 20 aliphatic rings. The van der Waals surface area contributed by atoms with Gasteiger partial charge in [-0.05, 0) is 366 Å². The van der Waals surface area contributed by atoms with E-state index in [9.17, 15) is 48.6 Å². The largest absolute Gasteiger partial charge is 0.469 e. The summed E-state index contributed by atoms with van der Waals surface area (Å²) in [6.45, 7) is 40.8. The van der Waals surface area contributed by atoms with Crippen molar-refractivity contribution in [2.75, 3.05) is 20.3 Å². The van der Waals surface area contributed by atoms with Crippen molar-refractivity contribution in [1.82, 2.24) is 0 Å². The minimum Gasteiger partial charge on any atom is -0.469 e. The first kappa shape index (κ1) is 88.1. The molecule has 18 bridgehead atoms. The molecule has 0 amide bonds. The summed E-state index contributed by atoms with van der Waals surface area (Å²) in [5.41, 5.74) is -4.50. The molecule has 9 unspecified atom stereocenters. The molecule has 0 aromatic heterocycles. The lowest BCUT2D eigenvalue weighted by atomic mass is 9.50. The average molecular weight is 1540 g/mol. The van der Waals surface area contributed by atoms with E-state index in [1.54, 1.807) is 13.8 Å². The van der Waals surface area contributed by atoms with E-state index in [-0.39, 0.29) is 80.4 Å². The molecule has 2 N–H and O–H groups in total. The maximum absolute atomic E-state index is 12.5. The number of aliphatic hydroxyl groups is 2. The lowest BCUT2D eigenvalue weighted by molar-refractivity contribution is -0.226. The van der Waals surface area contributed by atoms with Crippen LogP contribution in [0.1, 0.15) is 344 Å². The molecule has 18 heteroatoms. The van der Waals surface area contributed by atoms with Crippen LogP contribution in [-0.2, 0) is 76.3 Å². The predicted octanol–water partition coefficient (Wildman–Crippen LogP) is 18.5. The standard InChI is InChI=1S/2C17H28O2.2C16H26O3.C10H16O4.C9H12O2.C7H14O2/c2*1-5-16(2,3)15(18)19-17(4)13-7-11-6-12(9-13)10-14(17)8-11;2*1-4-14(2,3)13(17)19-16-8-11-5-12(9-16)7-15(18,6-11)10-16;1-4-10(2,3)9(12)14-7-5-6-13-8(7)11;10-9-8-6-2-1-5(3-6)7(8)4-11-9;1-5-7(2,3)6(8)9-4/h2*11-14H,5-10H2,1-4H3;2*11-12,18H,4-10H2,1-3H3;7H,4-6H2,1-3H3;5-8H,1-4H2;5H2,1-4H3. The molecule has 20 fully saturated rings. The maximum atomic E-state index is 12.5. The number of cyclic esters (lactones) is 2. The summed E-state index contributed by atoms with van der Waals surface area (Å²) in [4.78, 5) is 94.4. The van der Waals surface area contributed by atoms with Crippen LogP contribution in [0.15, 0.2) is 0 Å². The highest BCUT2D eigenvalue weighted by molar-refractivity contribution is 5.83. The second-order valence-corrected chi connectivity index (χ2v) is 43.2. The van der Waals surface area contributed by atoms with Gasteiger partial charge in [-0.25, -0.2) is 4.79 Å². The number of rotatable bonds is 17. The number of hydrogen-bond donors (Lipinski definition) is 2. The lowest BCUT2D eigenvalue weighted by Gasteiger charge is -2.59. The molecule has 0 spiro atoms. The smallest absolute Gasteiger partial charge is 0.347 e. The Labute approximate surface area is 662 Å². The third-order valence-electron chi connectivity index (χ3n) is 32.4. The predicted molar refractivity (Wildman–Crippen MR) is 421 cm³/mol. The third-order valence-corrected chi connectivity index (χ3v) is 32.4. The number of carbonyl (C=O) groups excluding carboxylic acids is 8. The van der Waals surface area contributed by atoms with Gasteiger partial charge in [0.25, 0.3) is 0 Å². The molecule has 9 atom stereocenters. The van der Waals surface area contributed by atoms with Gasteiger partial charge >= 0.3 is 47.8 Å². The Morgan fingerprint density at radius 3 is 0.982 bits per heavy atom. The Morgan fingerprint density at radius 2 is 0.691 bits per heavy atom. The highest BCUT2D eigenvalue weighted by Crippen LogP contribution is 2.64. The van der Waals surface area contributed by atoms with Gasteiger partial charge in [-0.3, -0.25) is 33.6 Å². The summed E-state index contributed by atoms with van der Waals surface area (Å²) < 4.78 is 43.6. The second-order valence-electron chi connectivity index (χ2n) is 43.2. The number of hydrogen-bond acceptors (Lipinski definition) is 18. The molecule has 0 radical (unpaired) electrons. The van der Waals surface area contributed by atoms with Gasteiger partial charge in [0.05, 0.1) is 69.9 Å². The van der Waals surface area contributed by atoms with Crippen molar-refractivity contribution in [3.63, 3.8) is 0 Å². The van der Waals surface area contributed by atoms with E-state index in [2.05, 4.69) is 32.4 Å². The monoisotopic (exact) mass is 1540 g/mol. The summed E-state index contributed by atoms with van der Waals surface area (Å²) in [5, 5.41) is 21.3. The van der Waals surface area contributed by atoms with Crippen LogP contribution in [-0.4, -0.2) is 118 Å². The van der Waals surface area contributed by atoms with Crippen LogP contribution in [0.3, 0.4) is 0 Å². The normalized spacial score (nSPS) is 39.7. The minimum absolute atomic E-state index is 0.0185. The molecule has 110 heavy (non-hydrogen) atoms. The van der Waals surface area contributed by atoms with E-state index in [0.717, 1.165) is 120 Å². The van der Waals surface area contributed by atoms with E-state index in [1.165, 1.54) is 103 Å². The third kappa shape index (κ3) is 19.0. The van der Waals surface area contributed by atoms with Crippen LogP contribution in [0, 0.1) is 127 Å². The van der Waals surface area contributed by atoms with Crippen LogP contribution in [0.25, 0.3) is 0 Å². The molecule has 18 nitrogen and oxygen atoms in total. The van der Waals surface area contributed by atoms with Gasteiger partial charge in [-0.1, -0.05) is 41.5 Å². The van der Waals surface area contributed by atoms with Crippen LogP contribution >= 0.6 is 0 Å². The number of carbonyl (C=O) groups is 8. The van der Waals surface area contributed by atoms with Crippen molar-refractivity contribution in [1.29, 1.82) is 0 Å². The first-order chi connectivity index (χ1) is 51.1. The summed E-state index contributed by atoms with van der Waals surface area (Å²) in [6, 6.07) is 0. The molecular formula is C92H150O18. The topological polar surface area (TPSA) is 251 Å². The fourth-order valence-corrected chi connectivity index (χ4v) is 23.7. The zero-order valence-electron chi connectivity index (χ0n) is 72.3. The van der Waals surface area contributed by atoms with Gasteiger partial charge in [0, 0.05) is 25.2 Å². The SMILES string of the molecule is CCC(C)(C)C(=O)OC.CCC(C)(C)C(=O)OC1(C)C2CC3CC(C2)CC1C3.CCC(C)(C)C(=O)OC1(C)C2CC3CC(C2)CC1C3.CCC(C)(C)C(=O)OC12CC3CC(CC(O)(C3)C1)C2.CCC(C)(C)C(=O)OC12CC3CC(CC(O)(C3)C1)C2.CCC(C)(C)C(=O)OC1CCOC1=O.O=C1OCC2C3CCC(C3)C12. The minimum atomic E-state index is -0.687. The molecular weight excluding hydrogens is 1390 g/mol. The van der Waals surface area contributed by atoms with Gasteiger partial charge in [-0.15, -0.1) is 0 Å². The van der Waals surface area contributed by atoms with Crippen molar-refractivity contribution >= 4 is 47.8 Å². The van der Waals surface area contributed by atoms with Crippen LogP contribution in [0.5, 0.6) is 0 Å². The summed E-state index contributed by atoms with van der Waals surface area (Å²) in [6.07, 6.45) is 33.1. The first-order valence-electron chi connectivity index (χ1n) is 44.1. The molecule has 0 aromatic carbocycles. The molecule has 0 aromatic rings. The molecule has 2 aliphatic heterocycles. The van der Waals surface area contributed by atoms with Crippen LogP contribution < -0.4 is 0 Å². The Hall–Kier alpha value is -4.32. The Balaban J connectivity index is 0.000000138. The van der Waals surface area contributed by atoms with Gasteiger partial charge in [0.15, 0.2) is 0 Å². The highest BCUT2D eigenvalue weighted by Gasteiger charge is 2.64. The number of ether oxygens (including phenoxy) is 8. The maximum Gasteiger partial charge on any atom is 0.347 e. The molecule has 2 heterocycles. The summed E-state index contributed by atoms with van der Waals surface area (Å²) >= 11 is 0. The Morgan fingerprint density at radius 1 is 0.382 bits per heavy atom. The van der Waals surface area contributed by atoms with Crippen LogP contribution in [0.2, 0.25) is 0 Å². The fourth-order valence-electron chi connectivity index (χ4n) is 23.7. The van der Waals surface area contributed by atoms with Gasteiger partial charge < -0.3 is 48.1 Å². The summed E-state index contributed by atoms with van der Waals surface area (Å²) in [5.74, 6) is 9.97. The highest BCUT2D eigenvalue weighted by atomic mass is 16.6. The summed E-state index contributed by atoms with van der Waals surface area (Å²) in [7, 11) is 1.42. The van der Waals surface area contributed by atoms with Crippen molar-refractivity contribution < 1.29 is 86.5 Å². The zero-order chi connectivity index (χ0) is 81.1. The van der Waals surface area contributed by atoms with Crippen molar-refractivity contribution in [2.24, 2.45) is 127 Å². The average Bonchev–Trinajstić information content (AvgIpc) is 1.04. The fraction of sp³-hybridized carbons (Fsp3) is 0.913. The lowest BCUT2D eigenvalue weighted by Crippen LogP contribution is -2.61. The molecule has 18 saturated carbocycles. The second kappa shape index (κ2) is 33.0. The molecule has 2 saturated heterocycles. The first-order valence-corrected chi connectivity index (χ1v) is 44.1. The quantitative estimate of drug-likeness (QED) is 0.101. The number of esters is 8. The van der Waals surface area contributed by atoms with Gasteiger partial charge in [-0.2, -0.15) is 0 Å². The zero-order valence-corrected chi connectivity index (χ0v) is 72.3. The number of fused-ring (bicyclic) bond motifs is 5. The molecule has 626 valence electrons. The van der Waals surface area contributed by atoms with E-state index < -0.39 is 39.5 Å². The van der Waals surface area contributed by atoms with Crippen molar-refractivity contribution in [2.45, 2.75) is 384 Å². The Bertz CT molecular complexity index is 3060. The number of methoxy groups -OCH3 is 1. The van der Waals surface area contributed by atoms with Crippen LogP contribution in [0.4, 0.5) is 0 Å². The molecule has 20 rings (SSSR count). The van der Waals surface area contributed by atoms with Crippen molar-refractivity contribution in [3.8, 4) is 0 Å². The van der Waals surface area contributed by atoms with E-state index in [0.29, 0.717) is 97.4 Å². The van der Waals surface area contributed by atoms with E-state index >= 15 is 0 Å². The van der Waals surface area contributed by atoms with E-state index in [1.807, 2.05) is 96.9 Å². The Kier molecular flexibility index (Phi) is 26.4. The van der Waals surface area contributed by atoms with E-state index in [4.69, 9.17) is 33.2 Å².